The second kappa shape index (κ2) is 15.2. The van der Waals surface area contributed by atoms with Gasteiger partial charge >= 0.3 is 0 Å². The van der Waals surface area contributed by atoms with Gasteiger partial charge in [0.1, 0.15) is 0 Å². The van der Waals surface area contributed by atoms with Crippen LogP contribution in [0.2, 0.25) is 0 Å². The molecule has 0 saturated carbocycles. The molecular formula is C28H33N4O2P. The Morgan fingerprint density at radius 1 is 0.971 bits per heavy atom. The fourth-order valence-corrected chi connectivity index (χ4v) is 3.55. The van der Waals surface area contributed by atoms with Crippen molar-refractivity contribution < 1.29 is 9.59 Å². The molecule has 1 aromatic carbocycles. The zero-order chi connectivity index (χ0) is 25.5. The van der Waals surface area contributed by atoms with Crippen LogP contribution < -0.4 is 5.32 Å². The van der Waals surface area contributed by atoms with Gasteiger partial charge in [-0.25, -0.2) is 4.75 Å². The number of aromatic nitrogens is 2. The third kappa shape index (κ3) is 9.95. The molecule has 0 fully saturated rings. The minimum Gasteiger partial charge on any atom is -0.341 e. The molecular weight excluding hydrogens is 455 g/mol. The number of hydrogen-bond acceptors (Lipinski definition) is 4. The molecule has 2 aromatic heterocycles. The number of aryl methyl sites for hydroxylation is 1. The molecule has 35 heavy (non-hydrogen) atoms. The van der Waals surface area contributed by atoms with Gasteiger partial charge in [0.2, 0.25) is 5.91 Å². The monoisotopic (exact) mass is 488 g/mol. The summed E-state index contributed by atoms with van der Waals surface area (Å²) in [5.41, 5.74) is 2.86. The van der Waals surface area contributed by atoms with Crippen LogP contribution in [0.25, 0.3) is 6.08 Å². The molecule has 0 aliphatic heterocycles. The predicted octanol–water partition coefficient (Wildman–Crippen LogP) is 5.93. The normalized spacial score (nSPS) is 10.3. The highest BCUT2D eigenvalue weighted by Gasteiger charge is 2.12. The lowest BCUT2D eigenvalue weighted by Gasteiger charge is -2.17. The van der Waals surface area contributed by atoms with E-state index in [1.807, 2.05) is 69.3 Å². The van der Waals surface area contributed by atoms with Crippen LogP contribution in [0, 0.1) is 6.92 Å². The van der Waals surface area contributed by atoms with E-state index in [4.69, 9.17) is 0 Å². The summed E-state index contributed by atoms with van der Waals surface area (Å²) in [5, 5.41) is 3.98. The van der Waals surface area contributed by atoms with Crippen molar-refractivity contribution in [2.24, 2.45) is 0 Å². The number of nitrogens with one attached hydrogen (secondary N) is 1. The maximum atomic E-state index is 12.7. The standard InChI is InChI=1S/C26H27N4O2P.C2H6/c1-20-8-4-3-5-10-24(29-33-20)15-16-25(31)28-23-13-11-21(12-14-23)26(32)30(2)19-17-22-9-6-7-18-27-22;1-2/h3-16,18,33H,17,19H2,1-2H3,(H,28,31);1-2H3/b4-3?,10-5?,16-15+,20-8?,29-24?;. The molecule has 0 spiro atoms. The highest BCUT2D eigenvalue weighted by molar-refractivity contribution is 7.26. The van der Waals surface area contributed by atoms with E-state index in [2.05, 4.69) is 15.0 Å². The number of carbonyl (C=O) groups is 2. The van der Waals surface area contributed by atoms with Crippen LogP contribution in [0.4, 0.5) is 5.69 Å². The van der Waals surface area contributed by atoms with Crippen LogP contribution in [0.15, 0.2) is 85.1 Å². The second-order valence-corrected chi connectivity index (χ2v) is 8.68. The lowest BCUT2D eigenvalue weighted by Crippen LogP contribution is -2.29. The molecule has 1 unspecified atom stereocenters. The summed E-state index contributed by atoms with van der Waals surface area (Å²) in [6.45, 7) is 6.60. The van der Waals surface area contributed by atoms with Crippen molar-refractivity contribution in [1.29, 1.82) is 0 Å². The van der Waals surface area contributed by atoms with Crippen molar-refractivity contribution >= 4 is 31.9 Å². The van der Waals surface area contributed by atoms with Crippen LogP contribution in [-0.2, 0) is 11.2 Å². The molecule has 2 amide bonds. The van der Waals surface area contributed by atoms with Crippen molar-refractivity contribution in [2.75, 3.05) is 18.9 Å². The number of amides is 2. The van der Waals surface area contributed by atoms with Crippen LogP contribution >= 0.6 is 8.35 Å². The fourth-order valence-electron chi connectivity index (χ4n) is 2.93. The summed E-state index contributed by atoms with van der Waals surface area (Å²) < 4.78 is 4.52. The first-order valence-corrected chi connectivity index (χ1v) is 12.6. The van der Waals surface area contributed by atoms with Gasteiger partial charge in [0.25, 0.3) is 5.91 Å². The molecule has 6 nitrogen and oxygen atoms in total. The number of anilines is 1. The maximum Gasteiger partial charge on any atom is 0.253 e. The number of likely N-dealkylation sites (N-methyl/N-ethyl adjacent to an activating group) is 1. The number of benzene rings is 1. The van der Waals surface area contributed by atoms with E-state index in [1.54, 1.807) is 48.5 Å². The number of nitrogens with zero attached hydrogens (tertiary/aromatic N) is 3. The molecule has 0 saturated heterocycles. The number of rotatable bonds is 7. The number of carbonyl (C=O) groups excluding carboxylic acids is 2. The Labute approximate surface area is 209 Å². The average Bonchev–Trinajstić information content (AvgIpc) is 3.00. The first kappa shape index (κ1) is 27.5. The molecule has 1 atom stereocenters. The second-order valence-electron chi connectivity index (χ2n) is 7.44. The zero-order valence-electron chi connectivity index (χ0n) is 20.7. The highest BCUT2D eigenvalue weighted by atomic mass is 31.0. The van der Waals surface area contributed by atoms with Gasteiger partial charge in [-0.15, -0.1) is 0 Å². The summed E-state index contributed by atoms with van der Waals surface area (Å²) in [7, 11) is 2.10. The Morgan fingerprint density at radius 2 is 1.69 bits per heavy atom. The molecule has 182 valence electrons. The molecule has 0 radical (unpaired) electrons. The first-order valence-electron chi connectivity index (χ1n) is 11.6. The number of hydrogen-bond donors (Lipinski definition) is 1. The van der Waals surface area contributed by atoms with Crippen molar-refractivity contribution in [1.82, 2.24) is 14.6 Å². The van der Waals surface area contributed by atoms with Gasteiger partial charge in [0, 0.05) is 49.2 Å². The minimum absolute atomic E-state index is 0.0760. The molecule has 3 rings (SSSR count). The van der Waals surface area contributed by atoms with E-state index in [0.717, 1.165) is 11.4 Å². The Balaban J connectivity index is 0.00000210. The average molecular weight is 489 g/mol. The van der Waals surface area contributed by atoms with E-state index in [0.29, 0.717) is 32.6 Å². The molecule has 0 bridgehead atoms. The first-order chi connectivity index (χ1) is 17.0. The van der Waals surface area contributed by atoms with Crippen LogP contribution in [0.5, 0.6) is 0 Å². The highest BCUT2D eigenvalue weighted by Crippen LogP contribution is 2.12. The van der Waals surface area contributed by atoms with Gasteiger partial charge in [-0.3, -0.25) is 14.6 Å². The van der Waals surface area contributed by atoms with Crippen LogP contribution in [0.1, 0.15) is 40.9 Å². The summed E-state index contributed by atoms with van der Waals surface area (Å²) in [5.74, 6) is -0.336. The quantitative estimate of drug-likeness (QED) is 0.418. The Morgan fingerprint density at radius 3 is 2.40 bits per heavy atom. The lowest BCUT2D eigenvalue weighted by atomic mass is 10.1. The summed E-state index contributed by atoms with van der Waals surface area (Å²) >= 11 is 0. The van der Waals surface area contributed by atoms with Gasteiger partial charge in [0.15, 0.2) is 0 Å². The molecule has 3 aromatic rings. The third-order valence-corrected chi connectivity index (χ3v) is 5.67. The SMILES string of the molecule is CC.Cc1cccccc(/C=C/C(=O)Nc2ccc(C(=O)N(C)CCc3ccccn3)cc2)n[pH]1. The summed E-state index contributed by atoms with van der Waals surface area (Å²) in [6.07, 6.45) is 5.59. The van der Waals surface area contributed by atoms with E-state index in [9.17, 15) is 9.59 Å². The van der Waals surface area contributed by atoms with Crippen LogP contribution in [-0.4, -0.2) is 40.0 Å². The summed E-state index contributed by atoms with van der Waals surface area (Å²) in [6, 6.07) is 22.3. The fraction of sp³-hybridized carbons (Fsp3) is 0.214. The smallest absolute Gasteiger partial charge is 0.253 e. The minimum atomic E-state index is -0.260. The lowest BCUT2D eigenvalue weighted by molar-refractivity contribution is -0.111. The van der Waals surface area contributed by atoms with Crippen molar-refractivity contribution in [3.63, 3.8) is 0 Å². The van der Waals surface area contributed by atoms with Gasteiger partial charge in [-0.2, -0.15) is 0 Å². The van der Waals surface area contributed by atoms with E-state index < -0.39 is 0 Å². The molecule has 2 heterocycles. The Bertz CT molecular complexity index is 1160. The van der Waals surface area contributed by atoms with Crippen LogP contribution in [0.3, 0.4) is 0 Å². The largest absolute Gasteiger partial charge is 0.341 e. The van der Waals surface area contributed by atoms with Crippen molar-refractivity contribution in [3.8, 4) is 0 Å². The van der Waals surface area contributed by atoms with Gasteiger partial charge in [-0.05, 0) is 69.1 Å². The molecule has 7 heteroatoms. The van der Waals surface area contributed by atoms with E-state index >= 15 is 0 Å². The Hall–Kier alpha value is -3.76. The molecule has 1 N–H and O–H groups in total. The van der Waals surface area contributed by atoms with Gasteiger partial charge < -0.3 is 10.2 Å². The van der Waals surface area contributed by atoms with Gasteiger partial charge in [0.05, 0.1) is 5.69 Å². The van der Waals surface area contributed by atoms with Gasteiger partial charge in [-0.1, -0.05) is 44.2 Å². The zero-order valence-corrected chi connectivity index (χ0v) is 21.7. The van der Waals surface area contributed by atoms with E-state index in [1.165, 1.54) is 11.4 Å². The maximum absolute atomic E-state index is 12.7. The van der Waals surface area contributed by atoms with E-state index in [-0.39, 0.29) is 11.8 Å². The summed E-state index contributed by atoms with van der Waals surface area (Å²) in [4.78, 5) is 30.9. The Kier molecular flexibility index (Phi) is 11.9. The third-order valence-electron chi connectivity index (χ3n) is 4.78. The predicted molar refractivity (Wildman–Crippen MR) is 146 cm³/mol. The molecule has 0 aliphatic rings. The topological polar surface area (TPSA) is 75.2 Å². The molecule has 0 aliphatic carbocycles. The number of pyridine rings is 1. The van der Waals surface area contributed by atoms with Crippen molar-refractivity contribution in [3.05, 3.63) is 107 Å². The van der Waals surface area contributed by atoms with Crippen molar-refractivity contribution in [2.45, 2.75) is 27.2 Å².